The molecule has 0 nitrogen and oxygen atoms in total. The minimum absolute atomic E-state index is 1.34. The molecule has 96 valence electrons. The maximum atomic E-state index is 3.36. The van der Waals surface area contributed by atoms with E-state index in [4.69, 9.17) is 0 Å². The third-order valence-electron chi connectivity index (χ3n) is 3.56. The minimum atomic E-state index is 1.34. The molecular formula is C20H16. The molecule has 0 radical (unpaired) electrons. The molecule has 0 bridgehead atoms. The number of hydrogen-bond acceptors (Lipinski definition) is 0. The summed E-state index contributed by atoms with van der Waals surface area (Å²) in [6.45, 7) is 6.72. The summed E-state index contributed by atoms with van der Waals surface area (Å²) >= 11 is 0. The Bertz CT molecular complexity index is 748. The van der Waals surface area contributed by atoms with Crippen molar-refractivity contribution in [2.75, 3.05) is 0 Å². The lowest BCUT2D eigenvalue weighted by Crippen LogP contribution is -1.82. The highest BCUT2D eigenvalue weighted by Crippen LogP contribution is 2.33. The van der Waals surface area contributed by atoms with Gasteiger partial charge in [-0.1, -0.05) is 86.0 Å². The smallest absolute Gasteiger partial charge is 0.00268 e. The Morgan fingerprint density at radius 3 is 1.05 bits per heavy atom. The lowest BCUT2D eigenvalue weighted by molar-refractivity contribution is 1.78. The quantitative estimate of drug-likeness (QED) is 0.292. The molecule has 0 atom stereocenters. The van der Waals surface area contributed by atoms with Crippen LogP contribution in [0.15, 0.2) is 86.0 Å². The molecule has 0 aliphatic carbocycles. The van der Waals surface area contributed by atoms with Crippen molar-refractivity contribution in [2.45, 2.75) is 0 Å². The van der Waals surface area contributed by atoms with Gasteiger partial charge in [-0.25, -0.2) is 0 Å². The highest BCUT2D eigenvalue weighted by atomic mass is 14.1. The zero-order valence-corrected chi connectivity index (χ0v) is 11.3. The van der Waals surface area contributed by atoms with Crippen molar-refractivity contribution in [2.24, 2.45) is 0 Å². The van der Waals surface area contributed by atoms with Crippen molar-refractivity contribution < 1.29 is 0 Å². The van der Waals surface area contributed by atoms with E-state index in [0.29, 0.717) is 0 Å². The summed E-state index contributed by atoms with van der Waals surface area (Å²) in [5, 5.41) is 8.14. The average Bonchev–Trinajstić information content (AvgIpc) is 2.53. The number of benzene rings is 4. The molecule has 0 saturated heterocycles. The molecule has 0 fully saturated rings. The van der Waals surface area contributed by atoms with Gasteiger partial charge in [-0.2, -0.15) is 0 Å². The Balaban J connectivity index is 0.000000272. The van der Waals surface area contributed by atoms with Crippen LogP contribution in [0.1, 0.15) is 0 Å². The zero-order chi connectivity index (χ0) is 13.9. The van der Waals surface area contributed by atoms with Gasteiger partial charge in [-0.3, -0.25) is 0 Å². The normalized spacial score (nSPS) is 10.4. The van der Waals surface area contributed by atoms with Crippen molar-refractivity contribution in [1.82, 2.24) is 0 Å². The zero-order valence-electron chi connectivity index (χ0n) is 11.3. The van der Waals surface area contributed by atoms with Crippen LogP contribution < -0.4 is 0 Å². The summed E-state index contributed by atoms with van der Waals surface area (Å²) in [6, 6.07) is 21.9. The molecule has 0 heterocycles. The molecule has 0 aromatic heterocycles. The first-order valence-corrected chi connectivity index (χ1v) is 6.71. The Labute approximate surface area is 119 Å². The van der Waals surface area contributed by atoms with E-state index in [1.165, 1.54) is 32.3 Å². The summed E-state index contributed by atoms with van der Waals surface area (Å²) in [7, 11) is 0. The second kappa shape index (κ2) is 5.18. The van der Waals surface area contributed by atoms with E-state index in [1.807, 2.05) is 0 Å². The highest BCUT2D eigenvalue weighted by molar-refractivity contribution is 6.22. The molecule has 0 amide bonds. The third kappa shape index (κ3) is 1.96. The van der Waals surface area contributed by atoms with E-state index >= 15 is 0 Å². The number of allylic oxidation sites excluding steroid dienone is 2. The maximum absolute atomic E-state index is 3.36. The lowest BCUT2D eigenvalue weighted by atomic mass is 9.95. The highest BCUT2D eigenvalue weighted by Gasteiger charge is 2.05. The molecule has 0 spiro atoms. The fourth-order valence-electron chi connectivity index (χ4n) is 2.67. The van der Waals surface area contributed by atoms with Crippen molar-refractivity contribution in [3.8, 4) is 0 Å². The SMILES string of the molecule is C=CC=C.c1cc2ccc3cccc4ccc(c1)c2c34. The Morgan fingerprint density at radius 2 is 0.800 bits per heavy atom. The van der Waals surface area contributed by atoms with Crippen molar-refractivity contribution >= 4 is 32.3 Å². The van der Waals surface area contributed by atoms with E-state index < -0.39 is 0 Å². The molecule has 0 unspecified atom stereocenters. The van der Waals surface area contributed by atoms with Crippen LogP contribution in [0.3, 0.4) is 0 Å². The summed E-state index contributed by atoms with van der Waals surface area (Å²) in [5.74, 6) is 0. The molecule has 4 aromatic rings. The minimum Gasteiger partial charge on any atom is -0.0991 e. The van der Waals surface area contributed by atoms with Crippen molar-refractivity contribution in [1.29, 1.82) is 0 Å². The van der Waals surface area contributed by atoms with Crippen LogP contribution in [0.4, 0.5) is 0 Å². The van der Waals surface area contributed by atoms with E-state index in [2.05, 4.69) is 73.8 Å². The van der Waals surface area contributed by atoms with Crippen LogP contribution in [-0.2, 0) is 0 Å². The molecule has 0 N–H and O–H groups in total. The van der Waals surface area contributed by atoms with Crippen LogP contribution >= 0.6 is 0 Å². The molecule has 0 saturated carbocycles. The lowest BCUT2D eigenvalue weighted by Gasteiger charge is -2.09. The van der Waals surface area contributed by atoms with Gasteiger partial charge in [-0.05, 0) is 32.3 Å². The molecule has 0 aliphatic heterocycles. The van der Waals surface area contributed by atoms with Crippen LogP contribution in [0.2, 0.25) is 0 Å². The van der Waals surface area contributed by atoms with Gasteiger partial charge in [0.2, 0.25) is 0 Å². The standard InChI is InChI=1S/C16H10.C4H6/c1-3-11-7-9-13-5-2-6-14-10-8-12(4-1)15(11)16(13)14;1-3-4-2/h1-10H;3-4H,1-2H2. The van der Waals surface area contributed by atoms with E-state index in [0.717, 1.165) is 0 Å². The van der Waals surface area contributed by atoms with Gasteiger partial charge >= 0.3 is 0 Å². The van der Waals surface area contributed by atoms with Gasteiger partial charge in [0.05, 0.1) is 0 Å². The van der Waals surface area contributed by atoms with Gasteiger partial charge in [0.25, 0.3) is 0 Å². The van der Waals surface area contributed by atoms with Gasteiger partial charge in [0.15, 0.2) is 0 Å². The van der Waals surface area contributed by atoms with Crippen LogP contribution in [0.5, 0.6) is 0 Å². The maximum Gasteiger partial charge on any atom is -0.00268 e. The summed E-state index contributed by atoms with van der Waals surface area (Å²) in [5.41, 5.74) is 0. The second-order valence-electron chi connectivity index (χ2n) is 4.76. The van der Waals surface area contributed by atoms with Gasteiger partial charge in [0, 0.05) is 0 Å². The predicted molar refractivity (Wildman–Crippen MR) is 90.5 cm³/mol. The molecule has 0 heteroatoms. The molecule has 4 aromatic carbocycles. The van der Waals surface area contributed by atoms with Gasteiger partial charge in [-0.15, -0.1) is 0 Å². The summed E-state index contributed by atoms with van der Waals surface area (Å²) in [6.07, 6.45) is 3.28. The number of hydrogen-bond donors (Lipinski definition) is 0. The van der Waals surface area contributed by atoms with E-state index in [9.17, 15) is 0 Å². The Hall–Kier alpha value is -2.60. The van der Waals surface area contributed by atoms with Crippen LogP contribution in [0, 0.1) is 0 Å². The molecular weight excluding hydrogens is 240 g/mol. The summed E-state index contributed by atoms with van der Waals surface area (Å²) < 4.78 is 0. The molecule has 0 aliphatic rings. The fourth-order valence-corrected chi connectivity index (χ4v) is 2.67. The van der Waals surface area contributed by atoms with Crippen molar-refractivity contribution in [3.63, 3.8) is 0 Å². The Kier molecular flexibility index (Phi) is 3.22. The third-order valence-corrected chi connectivity index (χ3v) is 3.56. The first-order chi connectivity index (χ1) is 9.85. The van der Waals surface area contributed by atoms with E-state index in [-0.39, 0.29) is 0 Å². The van der Waals surface area contributed by atoms with Gasteiger partial charge in [0.1, 0.15) is 0 Å². The monoisotopic (exact) mass is 256 g/mol. The average molecular weight is 256 g/mol. The van der Waals surface area contributed by atoms with Gasteiger partial charge < -0.3 is 0 Å². The Morgan fingerprint density at radius 1 is 0.500 bits per heavy atom. The second-order valence-corrected chi connectivity index (χ2v) is 4.76. The first kappa shape index (κ1) is 12.4. The first-order valence-electron chi connectivity index (χ1n) is 6.71. The van der Waals surface area contributed by atoms with Crippen LogP contribution in [-0.4, -0.2) is 0 Å². The molecule has 4 rings (SSSR count). The fraction of sp³-hybridized carbons (Fsp3) is 0. The topological polar surface area (TPSA) is 0 Å². The van der Waals surface area contributed by atoms with Crippen molar-refractivity contribution in [3.05, 3.63) is 86.0 Å². The largest absolute Gasteiger partial charge is 0.0991 e. The molecule has 20 heavy (non-hydrogen) atoms. The van der Waals surface area contributed by atoms with E-state index in [1.54, 1.807) is 12.2 Å². The predicted octanol–water partition coefficient (Wildman–Crippen LogP) is 5.94. The number of rotatable bonds is 1. The summed E-state index contributed by atoms with van der Waals surface area (Å²) in [4.78, 5) is 0. The van der Waals surface area contributed by atoms with Crippen LogP contribution in [0.25, 0.3) is 32.3 Å².